The van der Waals surface area contributed by atoms with E-state index in [1.165, 1.54) is 0 Å². The van der Waals surface area contributed by atoms with Crippen molar-refractivity contribution in [2.24, 2.45) is 0 Å². The van der Waals surface area contributed by atoms with E-state index in [2.05, 4.69) is 56.9 Å². The molecule has 0 saturated carbocycles. The largest absolute Gasteiger partial charge is 0.373 e. The molecule has 0 aliphatic rings. The molecular weight excluding hydrogens is 224 g/mol. The molecule has 1 unspecified atom stereocenters. The Kier molecular flexibility index (Phi) is 4.93. The first-order chi connectivity index (χ1) is 8.42. The van der Waals surface area contributed by atoms with E-state index >= 15 is 0 Å². The van der Waals surface area contributed by atoms with Crippen molar-refractivity contribution in [1.82, 2.24) is 9.97 Å². The van der Waals surface area contributed by atoms with Gasteiger partial charge in [-0.1, -0.05) is 20.8 Å². The number of anilines is 2. The van der Waals surface area contributed by atoms with Crippen molar-refractivity contribution in [3.63, 3.8) is 0 Å². The molecule has 1 heterocycles. The zero-order chi connectivity index (χ0) is 13.9. The Bertz CT molecular complexity index is 401. The SMILES string of the molecule is CCC(C)N(C)c1nc(C(C)C)nc(NC)c1C. The van der Waals surface area contributed by atoms with Crippen LogP contribution in [0.1, 0.15) is 51.4 Å². The van der Waals surface area contributed by atoms with Crippen molar-refractivity contribution in [3.8, 4) is 0 Å². The summed E-state index contributed by atoms with van der Waals surface area (Å²) in [7, 11) is 4.01. The molecule has 1 atom stereocenters. The molecule has 0 radical (unpaired) electrons. The summed E-state index contributed by atoms with van der Waals surface area (Å²) in [5.41, 5.74) is 1.12. The normalized spacial score (nSPS) is 12.7. The van der Waals surface area contributed by atoms with E-state index in [9.17, 15) is 0 Å². The van der Waals surface area contributed by atoms with E-state index in [-0.39, 0.29) is 0 Å². The number of hydrogen-bond acceptors (Lipinski definition) is 4. The monoisotopic (exact) mass is 250 g/mol. The fourth-order valence-corrected chi connectivity index (χ4v) is 1.85. The zero-order valence-corrected chi connectivity index (χ0v) is 12.7. The number of rotatable bonds is 5. The minimum absolute atomic E-state index is 0.335. The summed E-state index contributed by atoms with van der Waals surface area (Å²) < 4.78 is 0. The van der Waals surface area contributed by atoms with Crippen molar-refractivity contribution in [2.75, 3.05) is 24.3 Å². The van der Waals surface area contributed by atoms with Crippen molar-refractivity contribution in [3.05, 3.63) is 11.4 Å². The van der Waals surface area contributed by atoms with E-state index in [1.807, 2.05) is 7.05 Å². The van der Waals surface area contributed by atoms with Crippen LogP contribution in [0.25, 0.3) is 0 Å². The lowest BCUT2D eigenvalue weighted by Gasteiger charge is -2.27. The van der Waals surface area contributed by atoms with Crippen LogP contribution in [0.5, 0.6) is 0 Å². The fraction of sp³-hybridized carbons (Fsp3) is 0.714. The van der Waals surface area contributed by atoms with Gasteiger partial charge in [-0.25, -0.2) is 9.97 Å². The molecule has 0 fully saturated rings. The van der Waals surface area contributed by atoms with Crippen LogP contribution in [0, 0.1) is 6.92 Å². The summed E-state index contributed by atoms with van der Waals surface area (Å²) in [6.45, 7) is 10.7. The Morgan fingerprint density at radius 3 is 2.28 bits per heavy atom. The van der Waals surface area contributed by atoms with E-state index in [1.54, 1.807) is 0 Å². The highest BCUT2D eigenvalue weighted by molar-refractivity contribution is 5.58. The highest BCUT2D eigenvalue weighted by atomic mass is 15.2. The summed E-state index contributed by atoms with van der Waals surface area (Å²) in [4.78, 5) is 11.5. The standard InChI is InChI=1S/C14H26N4/c1-8-10(4)18(7)14-11(5)13(15-6)16-12(17-14)9(2)3/h9-10H,8H2,1-7H3,(H,15,16,17). The molecule has 102 valence electrons. The van der Waals surface area contributed by atoms with Crippen LogP contribution in [0.15, 0.2) is 0 Å². The van der Waals surface area contributed by atoms with E-state index in [0.717, 1.165) is 29.4 Å². The minimum Gasteiger partial charge on any atom is -0.373 e. The van der Waals surface area contributed by atoms with E-state index in [4.69, 9.17) is 4.98 Å². The van der Waals surface area contributed by atoms with Gasteiger partial charge in [-0.15, -0.1) is 0 Å². The third-order valence-corrected chi connectivity index (χ3v) is 3.48. The predicted octanol–water partition coefficient (Wildman–Crippen LogP) is 3.18. The summed E-state index contributed by atoms with van der Waals surface area (Å²) in [5.74, 6) is 3.20. The van der Waals surface area contributed by atoms with Crippen LogP contribution in [0.2, 0.25) is 0 Å². The summed E-state index contributed by atoms with van der Waals surface area (Å²) in [6.07, 6.45) is 1.10. The molecule has 18 heavy (non-hydrogen) atoms. The second kappa shape index (κ2) is 6.03. The van der Waals surface area contributed by atoms with Crippen LogP contribution in [0.3, 0.4) is 0 Å². The van der Waals surface area contributed by atoms with Crippen LogP contribution in [-0.4, -0.2) is 30.1 Å². The average Bonchev–Trinajstić information content (AvgIpc) is 2.36. The first-order valence-electron chi connectivity index (χ1n) is 6.71. The third kappa shape index (κ3) is 2.92. The summed E-state index contributed by atoms with van der Waals surface area (Å²) in [6, 6.07) is 0.475. The Balaban J connectivity index is 3.28. The van der Waals surface area contributed by atoms with Crippen LogP contribution in [-0.2, 0) is 0 Å². The first-order valence-corrected chi connectivity index (χ1v) is 6.71. The van der Waals surface area contributed by atoms with Crippen molar-refractivity contribution in [2.45, 2.75) is 53.0 Å². The Hall–Kier alpha value is -1.32. The summed E-state index contributed by atoms with van der Waals surface area (Å²) >= 11 is 0. The van der Waals surface area contributed by atoms with Gasteiger partial charge in [0.05, 0.1) is 0 Å². The van der Waals surface area contributed by atoms with Crippen molar-refractivity contribution < 1.29 is 0 Å². The lowest BCUT2D eigenvalue weighted by Crippen LogP contribution is -2.30. The topological polar surface area (TPSA) is 41.1 Å². The molecule has 1 aromatic rings. The first kappa shape index (κ1) is 14.7. The van der Waals surface area contributed by atoms with Crippen LogP contribution >= 0.6 is 0 Å². The second-order valence-corrected chi connectivity index (χ2v) is 5.15. The molecule has 4 heteroatoms. The number of nitrogens with zero attached hydrogens (tertiary/aromatic N) is 3. The van der Waals surface area contributed by atoms with Gasteiger partial charge < -0.3 is 10.2 Å². The molecule has 0 bridgehead atoms. The second-order valence-electron chi connectivity index (χ2n) is 5.15. The maximum absolute atomic E-state index is 4.72. The number of nitrogens with one attached hydrogen (secondary N) is 1. The lowest BCUT2D eigenvalue weighted by atomic mass is 10.1. The number of aromatic nitrogens is 2. The maximum atomic E-state index is 4.72. The smallest absolute Gasteiger partial charge is 0.137 e. The molecule has 1 rings (SSSR count). The van der Waals surface area contributed by atoms with Gasteiger partial charge in [0.1, 0.15) is 17.5 Å². The lowest BCUT2D eigenvalue weighted by molar-refractivity contribution is 0.648. The maximum Gasteiger partial charge on any atom is 0.137 e. The molecular formula is C14H26N4. The molecule has 1 N–H and O–H groups in total. The van der Waals surface area contributed by atoms with Gasteiger partial charge in [-0.3, -0.25) is 0 Å². The van der Waals surface area contributed by atoms with Gasteiger partial charge in [-0.05, 0) is 20.3 Å². The van der Waals surface area contributed by atoms with E-state index < -0.39 is 0 Å². The van der Waals surface area contributed by atoms with Crippen LogP contribution in [0.4, 0.5) is 11.6 Å². The molecule has 0 aliphatic carbocycles. The third-order valence-electron chi connectivity index (χ3n) is 3.48. The van der Waals surface area contributed by atoms with Crippen molar-refractivity contribution >= 4 is 11.6 Å². The highest BCUT2D eigenvalue weighted by Gasteiger charge is 2.17. The molecule has 4 nitrogen and oxygen atoms in total. The fourth-order valence-electron chi connectivity index (χ4n) is 1.85. The van der Waals surface area contributed by atoms with Gasteiger partial charge in [-0.2, -0.15) is 0 Å². The van der Waals surface area contributed by atoms with Gasteiger partial charge in [0, 0.05) is 31.6 Å². The predicted molar refractivity (Wildman–Crippen MR) is 78.6 cm³/mol. The highest BCUT2D eigenvalue weighted by Crippen LogP contribution is 2.26. The zero-order valence-electron chi connectivity index (χ0n) is 12.7. The quantitative estimate of drug-likeness (QED) is 0.871. The molecule has 0 aromatic carbocycles. The molecule has 0 spiro atoms. The Morgan fingerprint density at radius 1 is 1.22 bits per heavy atom. The van der Waals surface area contributed by atoms with E-state index in [0.29, 0.717) is 12.0 Å². The summed E-state index contributed by atoms with van der Waals surface area (Å²) in [5, 5.41) is 3.16. The molecule has 1 aromatic heterocycles. The van der Waals surface area contributed by atoms with Crippen molar-refractivity contribution in [1.29, 1.82) is 0 Å². The van der Waals surface area contributed by atoms with Gasteiger partial charge >= 0.3 is 0 Å². The van der Waals surface area contributed by atoms with Gasteiger partial charge in [0.25, 0.3) is 0 Å². The van der Waals surface area contributed by atoms with Crippen LogP contribution < -0.4 is 10.2 Å². The minimum atomic E-state index is 0.335. The molecule has 0 aliphatic heterocycles. The molecule has 0 saturated heterocycles. The Morgan fingerprint density at radius 2 is 1.83 bits per heavy atom. The van der Waals surface area contributed by atoms with Gasteiger partial charge in [0.2, 0.25) is 0 Å². The Labute approximate surface area is 111 Å². The average molecular weight is 250 g/mol. The van der Waals surface area contributed by atoms with Gasteiger partial charge in [0.15, 0.2) is 0 Å². The molecule has 0 amide bonds. The number of hydrogen-bond donors (Lipinski definition) is 1.